The van der Waals surface area contributed by atoms with Crippen LogP contribution < -0.4 is 19.5 Å². The first-order valence-electron chi connectivity index (χ1n) is 8.02. The molecule has 2 aromatic rings. The van der Waals surface area contributed by atoms with E-state index in [1.807, 2.05) is 44.2 Å². The number of anilines is 1. The molecule has 0 fully saturated rings. The molecule has 0 atom stereocenters. The molecule has 0 heterocycles. The maximum atomic E-state index is 12.2. The maximum Gasteiger partial charge on any atom is 0.248 e. The van der Waals surface area contributed by atoms with E-state index < -0.39 is 0 Å². The molecule has 0 aromatic heterocycles. The summed E-state index contributed by atoms with van der Waals surface area (Å²) in [5, 5.41) is 2.85. The van der Waals surface area contributed by atoms with Crippen molar-refractivity contribution >= 4 is 17.7 Å². The van der Waals surface area contributed by atoms with Crippen molar-refractivity contribution in [1.29, 1.82) is 0 Å². The fourth-order valence-corrected chi connectivity index (χ4v) is 2.30. The molecule has 0 saturated heterocycles. The highest BCUT2D eigenvalue weighted by Crippen LogP contribution is 2.32. The smallest absolute Gasteiger partial charge is 0.248 e. The number of hydrogen-bond donors (Lipinski definition) is 1. The van der Waals surface area contributed by atoms with Crippen LogP contribution in [-0.4, -0.2) is 26.7 Å². The van der Waals surface area contributed by atoms with E-state index in [0.717, 1.165) is 16.9 Å². The van der Waals surface area contributed by atoms with Crippen LogP contribution in [0.4, 0.5) is 5.69 Å². The van der Waals surface area contributed by atoms with Gasteiger partial charge in [-0.1, -0.05) is 12.1 Å². The third-order valence-corrected chi connectivity index (χ3v) is 3.61. The number of nitrogens with one attached hydrogen (secondary N) is 1. The number of carbonyl (C=O) groups excluding carboxylic acids is 1. The van der Waals surface area contributed by atoms with Crippen LogP contribution in [0.1, 0.15) is 18.1 Å². The van der Waals surface area contributed by atoms with E-state index in [4.69, 9.17) is 14.2 Å². The second-order valence-electron chi connectivity index (χ2n) is 5.35. The van der Waals surface area contributed by atoms with Crippen LogP contribution in [0.2, 0.25) is 0 Å². The fourth-order valence-electron chi connectivity index (χ4n) is 2.30. The highest BCUT2D eigenvalue weighted by Gasteiger charge is 2.09. The van der Waals surface area contributed by atoms with E-state index >= 15 is 0 Å². The number of rotatable bonds is 7. The summed E-state index contributed by atoms with van der Waals surface area (Å²) < 4.78 is 15.9. The Morgan fingerprint density at radius 2 is 1.72 bits per heavy atom. The summed E-state index contributed by atoms with van der Waals surface area (Å²) in [6.07, 6.45) is 3.24. The standard InChI is InChI=1S/C20H23NO4/c1-5-25-16-9-6-15(7-10-16)8-11-20(22)21-17-13-19(24-4)18(23-3)12-14(17)2/h6-13H,5H2,1-4H3,(H,21,22)/b11-8+. The van der Waals surface area contributed by atoms with Gasteiger partial charge in [-0.05, 0) is 49.2 Å². The van der Waals surface area contributed by atoms with Crippen LogP contribution in [0.15, 0.2) is 42.5 Å². The van der Waals surface area contributed by atoms with Crippen LogP contribution in [0.25, 0.3) is 6.08 Å². The van der Waals surface area contributed by atoms with Crippen LogP contribution in [0.5, 0.6) is 17.2 Å². The number of amides is 1. The Kier molecular flexibility index (Phi) is 6.46. The summed E-state index contributed by atoms with van der Waals surface area (Å²) in [4.78, 5) is 12.2. The molecule has 5 nitrogen and oxygen atoms in total. The Balaban J connectivity index is 2.06. The van der Waals surface area contributed by atoms with Gasteiger partial charge in [0, 0.05) is 17.8 Å². The minimum atomic E-state index is -0.218. The van der Waals surface area contributed by atoms with Gasteiger partial charge in [-0.3, -0.25) is 4.79 Å². The van der Waals surface area contributed by atoms with Gasteiger partial charge in [0.05, 0.1) is 20.8 Å². The molecule has 0 aliphatic rings. The van der Waals surface area contributed by atoms with Gasteiger partial charge in [0.15, 0.2) is 11.5 Å². The van der Waals surface area contributed by atoms with Crippen LogP contribution in [0.3, 0.4) is 0 Å². The van der Waals surface area contributed by atoms with Crippen LogP contribution >= 0.6 is 0 Å². The third-order valence-electron chi connectivity index (χ3n) is 3.61. The zero-order valence-electron chi connectivity index (χ0n) is 15.0. The lowest BCUT2D eigenvalue weighted by Crippen LogP contribution is -2.09. The number of carbonyl (C=O) groups is 1. The molecule has 0 spiro atoms. The molecule has 25 heavy (non-hydrogen) atoms. The van der Waals surface area contributed by atoms with Gasteiger partial charge in [-0.15, -0.1) is 0 Å². The number of hydrogen-bond acceptors (Lipinski definition) is 4. The zero-order valence-corrected chi connectivity index (χ0v) is 15.0. The lowest BCUT2D eigenvalue weighted by molar-refractivity contribution is -0.111. The van der Waals surface area contributed by atoms with Crippen molar-refractivity contribution in [3.63, 3.8) is 0 Å². The largest absolute Gasteiger partial charge is 0.494 e. The summed E-state index contributed by atoms with van der Waals surface area (Å²) in [6, 6.07) is 11.1. The molecule has 0 aliphatic carbocycles. The predicted molar refractivity (Wildman–Crippen MR) is 99.6 cm³/mol. The van der Waals surface area contributed by atoms with Crippen molar-refractivity contribution in [1.82, 2.24) is 0 Å². The summed E-state index contributed by atoms with van der Waals surface area (Å²) in [7, 11) is 3.14. The van der Waals surface area contributed by atoms with Gasteiger partial charge in [-0.25, -0.2) is 0 Å². The quantitative estimate of drug-likeness (QED) is 0.772. The van der Waals surface area contributed by atoms with Crippen molar-refractivity contribution in [2.45, 2.75) is 13.8 Å². The van der Waals surface area contributed by atoms with Gasteiger partial charge < -0.3 is 19.5 Å². The Morgan fingerprint density at radius 3 is 2.32 bits per heavy atom. The SMILES string of the molecule is CCOc1ccc(/C=C/C(=O)Nc2cc(OC)c(OC)cc2C)cc1. The molecular formula is C20H23NO4. The summed E-state index contributed by atoms with van der Waals surface area (Å²) in [6.45, 7) is 4.46. The lowest BCUT2D eigenvalue weighted by atomic mass is 10.1. The maximum absolute atomic E-state index is 12.2. The Bertz CT molecular complexity index is 751. The predicted octanol–water partition coefficient (Wildman–Crippen LogP) is 4.06. The van der Waals surface area contributed by atoms with Gasteiger partial charge >= 0.3 is 0 Å². The first kappa shape index (κ1) is 18.4. The summed E-state index contributed by atoms with van der Waals surface area (Å²) in [5.41, 5.74) is 2.49. The van der Waals surface area contributed by atoms with Crippen molar-refractivity contribution in [2.75, 3.05) is 26.1 Å². The average Bonchev–Trinajstić information content (AvgIpc) is 2.62. The summed E-state index contributed by atoms with van der Waals surface area (Å²) in [5.74, 6) is 1.79. The monoisotopic (exact) mass is 341 g/mol. The molecule has 0 bridgehead atoms. The molecule has 1 amide bonds. The lowest BCUT2D eigenvalue weighted by Gasteiger charge is -2.12. The zero-order chi connectivity index (χ0) is 18.2. The van der Waals surface area contributed by atoms with E-state index in [1.165, 1.54) is 6.08 Å². The molecule has 1 N–H and O–H groups in total. The normalized spacial score (nSPS) is 10.6. The van der Waals surface area contributed by atoms with E-state index in [2.05, 4.69) is 5.32 Å². The second-order valence-corrected chi connectivity index (χ2v) is 5.35. The minimum Gasteiger partial charge on any atom is -0.494 e. The number of aryl methyl sites for hydroxylation is 1. The molecule has 132 valence electrons. The van der Waals surface area contributed by atoms with Crippen molar-refractivity contribution in [2.24, 2.45) is 0 Å². The van der Waals surface area contributed by atoms with Crippen molar-refractivity contribution < 1.29 is 19.0 Å². The van der Waals surface area contributed by atoms with Gasteiger partial charge in [0.1, 0.15) is 5.75 Å². The van der Waals surface area contributed by atoms with Crippen LogP contribution in [0, 0.1) is 6.92 Å². The first-order chi connectivity index (χ1) is 12.1. The molecule has 2 rings (SSSR count). The molecule has 5 heteroatoms. The molecule has 0 saturated carbocycles. The van der Waals surface area contributed by atoms with Gasteiger partial charge in [0.2, 0.25) is 5.91 Å². The first-order valence-corrected chi connectivity index (χ1v) is 8.02. The van der Waals surface area contributed by atoms with Crippen molar-refractivity contribution in [3.05, 3.63) is 53.6 Å². The van der Waals surface area contributed by atoms with E-state index in [1.54, 1.807) is 26.4 Å². The number of benzene rings is 2. The molecular weight excluding hydrogens is 318 g/mol. The Labute approximate surface area is 148 Å². The van der Waals surface area contributed by atoms with Crippen LogP contribution in [-0.2, 0) is 4.79 Å². The third kappa shape index (κ3) is 5.01. The molecule has 0 radical (unpaired) electrons. The number of ether oxygens (including phenoxy) is 3. The molecule has 0 unspecified atom stereocenters. The van der Waals surface area contributed by atoms with E-state index in [9.17, 15) is 4.79 Å². The van der Waals surface area contributed by atoms with Crippen molar-refractivity contribution in [3.8, 4) is 17.2 Å². The highest BCUT2D eigenvalue weighted by atomic mass is 16.5. The number of methoxy groups -OCH3 is 2. The Hall–Kier alpha value is -2.95. The molecule has 0 aliphatic heterocycles. The van der Waals surface area contributed by atoms with E-state index in [-0.39, 0.29) is 5.91 Å². The molecule has 2 aromatic carbocycles. The van der Waals surface area contributed by atoms with Gasteiger partial charge in [-0.2, -0.15) is 0 Å². The fraction of sp³-hybridized carbons (Fsp3) is 0.250. The summed E-state index contributed by atoms with van der Waals surface area (Å²) >= 11 is 0. The second kappa shape index (κ2) is 8.78. The topological polar surface area (TPSA) is 56.8 Å². The highest BCUT2D eigenvalue weighted by molar-refractivity contribution is 6.02. The Morgan fingerprint density at radius 1 is 1.08 bits per heavy atom. The van der Waals surface area contributed by atoms with Gasteiger partial charge in [0.25, 0.3) is 0 Å². The van der Waals surface area contributed by atoms with E-state index in [0.29, 0.717) is 23.8 Å². The minimum absolute atomic E-state index is 0.218. The average molecular weight is 341 g/mol.